The molecule has 3 aliphatic carbocycles. The molecule has 2 heterocycles. The van der Waals surface area contributed by atoms with E-state index >= 15 is 0 Å². The first-order valence-electron chi connectivity index (χ1n) is 9.91. The van der Waals surface area contributed by atoms with Crippen LogP contribution in [0.15, 0.2) is 0 Å². The van der Waals surface area contributed by atoms with Crippen LogP contribution in [0, 0.1) is 23.7 Å². The van der Waals surface area contributed by atoms with E-state index in [0.29, 0.717) is 6.04 Å². The first kappa shape index (κ1) is 16.2. The smallest absolute Gasteiger partial charge is 0.317 e. The Kier molecular flexibility index (Phi) is 4.44. The van der Waals surface area contributed by atoms with E-state index in [4.69, 9.17) is 0 Å². The van der Waals surface area contributed by atoms with Gasteiger partial charge in [-0.05, 0) is 75.5 Å². The normalized spacial score (nSPS) is 41.0. The highest BCUT2D eigenvalue weighted by Crippen LogP contribution is 2.47. The van der Waals surface area contributed by atoms with Gasteiger partial charge < -0.3 is 15.5 Å². The van der Waals surface area contributed by atoms with E-state index in [1.54, 1.807) is 7.05 Å². The van der Waals surface area contributed by atoms with Gasteiger partial charge in [-0.3, -0.25) is 4.79 Å². The number of hydrogen-bond donors (Lipinski definition) is 2. The predicted molar refractivity (Wildman–Crippen MR) is 92.4 cm³/mol. The Labute approximate surface area is 144 Å². The third-order valence-corrected chi connectivity index (χ3v) is 7.04. The number of amides is 3. The molecule has 5 heteroatoms. The molecule has 2 atom stereocenters. The molecule has 3 saturated carbocycles. The van der Waals surface area contributed by atoms with Crippen LogP contribution in [-0.2, 0) is 4.79 Å². The van der Waals surface area contributed by atoms with E-state index in [2.05, 4.69) is 15.5 Å². The minimum Gasteiger partial charge on any atom is -0.359 e. The van der Waals surface area contributed by atoms with Gasteiger partial charge in [-0.25, -0.2) is 4.79 Å². The van der Waals surface area contributed by atoms with Crippen molar-refractivity contribution in [2.45, 2.75) is 69.9 Å². The zero-order valence-corrected chi connectivity index (χ0v) is 14.8. The number of hydrogen-bond acceptors (Lipinski definition) is 2. The first-order chi connectivity index (χ1) is 11.6. The van der Waals surface area contributed by atoms with Crippen LogP contribution < -0.4 is 10.6 Å². The van der Waals surface area contributed by atoms with Gasteiger partial charge in [0.2, 0.25) is 5.91 Å². The second kappa shape index (κ2) is 6.57. The average molecular weight is 333 g/mol. The van der Waals surface area contributed by atoms with Crippen LogP contribution in [-0.4, -0.2) is 42.5 Å². The summed E-state index contributed by atoms with van der Waals surface area (Å²) in [6.07, 6.45) is 10.2. The molecule has 0 spiro atoms. The van der Waals surface area contributed by atoms with Gasteiger partial charge >= 0.3 is 6.03 Å². The van der Waals surface area contributed by atoms with Gasteiger partial charge in [0.15, 0.2) is 0 Å². The Balaban J connectivity index is 1.33. The van der Waals surface area contributed by atoms with Crippen molar-refractivity contribution in [2.75, 3.05) is 13.6 Å². The Morgan fingerprint density at radius 3 is 2.12 bits per heavy atom. The second-order valence-corrected chi connectivity index (χ2v) is 8.70. The highest BCUT2D eigenvalue weighted by Gasteiger charge is 2.44. The van der Waals surface area contributed by atoms with Crippen molar-refractivity contribution in [3.05, 3.63) is 0 Å². The van der Waals surface area contributed by atoms with E-state index in [1.807, 2.05) is 0 Å². The number of urea groups is 1. The quantitative estimate of drug-likeness (QED) is 0.816. The van der Waals surface area contributed by atoms with Crippen LogP contribution in [0.2, 0.25) is 0 Å². The van der Waals surface area contributed by atoms with Crippen molar-refractivity contribution in [1.29, 1.82) is 0 Å². The van der Waals surface area contributed by atoms with E-state index in [9.17, 15) is 9.59 Å². The molecule has 3 amide bonds. The summed E-state index contributed by atoms with van der Waals surface area (Å²) in [7, 11) is 1.71. The van der Waals surface area contributed by atoms with Crippen molar-refractivity contribution in [2.24, 2.45) is 23.7 Å². The number of rotatable bonds is 2. The lowest BCUT2D eigenvalue weighted by atomic mass is 9.68. The Morgan fingerprint density at radius 2 is 1.50 bits per heavy atom. The van der Waals surface area contributed by atoms with Crippen molar-refractivity contribution in [3.63, 3.8) is 0 Å². The van der Waals surface area contributed by atoms with Crippen LogP contribution >= 0.6 is 0 Å². The Hall–Kier alpha value is -1.26. The molecule has 0 aromatic rings. The molecule has 5 rings (SSSR count). The van der Waals surface area contributed by atoms with Gasteiger partial charge in [-0.1, -0.05) is 0 Å². The lowest BCUT2D eigenvalue weighted by molar-refractivity contribution is -0.125. The fraction of sp³-hybridized carbons (Fsp3) is 0.895. The van der Waals surface area contributed by atoms with Crippen molar-refractivity contribution < 1.29 is 9.59 Å². The zero-order valence-electron chi connectivity index (χ0n) is 14.8. The number of carbonyl (C=O) groups excluding carboxylic acids is 2. The third kappa shape index (κ3) is 3.14. The largest absolute Gasteiger partial charge is 0.359 e. The average Bonchev–Trinajstić information content (AvgIpc) is 2.78. The maximum absolute atomic E-state index is 12.9. The molecule has 2 unspecified atom stereocenters. The molecule has 5 aliphatic rings. The zero-order chi connectivity index (χ0) is 16.7. The minimum atomic E-state index is 0.132. The number of carbonyl (C=O) groups is 2. The molecule has 2 N–H and O–H groups in total. The number of nitrogens with one attached hydrogen (secondary N) is 2. The van der Waals surface area contributed by atoms with Crippen molar-refractivity contribution >= 4 is 11.9 Å². The van der Waals surface area contributed by atoms with Crippen LogP contribution in [0.25, 0.3) is 0 Å². The Bertz CT molecular complexity index is 487. The van der Waals surface area contributed by atoms with Gasteiger partial charge in [0.05, 0.1) is 0 Å². The van der Waals surface area contributed by atoms with Gasteiger partial charge in [-0.2, -0.15) is 0 Å². The van der Waals surface area contributed by atoms with Crippen LogP contribution in [0.4, 0.5) is 4.79 Å². The van der Waals surface area contributed by atoms with Gasteiger partial charge in [0, 0.05) is 31.6 Å². The topological polar surface area (TPSA) is 61.4 Å². The van der Waals surface area contributed by atoms with Crippen LogP contribution in [0.1, 0.15) is 57.8 Å². The molecule has 0 aromatic carbocycles. The van der Waals surface area contributed by atoms with E-state index in [1.165, 1.54) is 32.1 Å². The molecule has 24 heavy (non-hydrogen) atoms. The van der Waals surface area contributed by atoms with Crippen LogP contribution in [0.3, 0.4) is 0 Å². The molecule has 5 nitrogen and oxygen atoms in total. The monoisotopic (exact) mass is 333 g/mol. The highest BCUT2D eigenvalue weighted by atomic mass is 16.2. The minimum absolute atomic E-state index is 0.132. The van der Waals surface area contributed by atoms with Gasteiger partial charge in [0.25, 0.3) is 0 Å². The van der Waals surface area contributed by atoms with Crippen molar-refractivity contribution in [3.8, 4) is 0 Å². The molecule has 2 saturated heterocycles. The van der Waals surface area contributed by atoms with E-state index in [0.717, 1.165) is 50.0 Å². The summed E-state index contributed by atoms with van der Waals surface area (Å²) >= 11 is 0. The summed E-state index contributed by atoms with van der Waals surface area (Å²) in [6.45, 7) is 0.969. The summed E-state index contributed by atoms with van der Waals surface area (Å²) in [4.78, 5) is 26.8. The molecular formula is C19H31N3O2. The highest BCUT2D eigenvalue weighted by molar-refractivity contribution is 5.78. The fourth-order valence-electron chi connectivity index (χ4n) is 5.99. The lowest BCUT2D eigenvalue weighted by Gasteiger charge is -2.39. The fourth-order valence-corrected chi connectivity index (χ4v) is 5.99. The molecule has 0 aromatic heterocycles. The summed E-state index contributed by atoms with van der Waals surface area (Å²) in [6, 6.07) is 0.885. The van der Waals surface area contributed by atoms with Gasteiger partial charge in [-0.15, -0.1) is 0 Å². The molecule has 0 radical (unpaired) electrons. The predicted octanol–water partition coefficient (Wildman–Crippen LogP) is 2.51. The Morgan fingerprint density at radius 1 is 0.875 bits per heavy atom. The van der Waals surface area contributed by atoms with Gasteiger partial charge in [0.1, 0.15) is 0 Å². The standard InChI is InChI=1S/C19H31N3O2/c1-20-18(23)15-2-4-16(5-3-15)21-19(24)22-11-14-7-12-6-13(8-14)10-17(22)9-12/h12-17H,2-11H2,1H3,(H,20,23)(H,21,24). The van der Waals surface area contributed by atoms with E-state index < -0.39 is 0 Å². The SMILES string of the molecule is CNC(=O)C1CCC(NC(=O)N2CC3CC4CC(C3)CC2C4)CC1. The van der Waals surface area contributed by atoms with Crippen LogP contribution in [0.5, 0.6) is 0 Å². The second-order valence-electron chi connectivity index (χ2n) is 8.70. The summed E-state index contributed by atoms with van der Waals surface area (Å²) in [5.41, 5.74) is 0. The molecule has 4 bridgehead atoms. The number of fused-ring (bicyclic) bond motifs is 1. The molecular weight excluding hydrogens is 302 g/mol. The molecule has 5 fully saturated rings. The number of nitrogens with zero attached hydrogens (tertiary/aromatic N) is 1. The summed E-state index contributed by atoms with van der Waals surface area (Å²) in [5.74, 6) is 2.76. The lowest BCUT2D eigenvalue weighted by Crippen LogP contribution is -2.51. The summed E-state index contributed by atoms with van der Waals surface area (Å²) in [5, 5.41) is 6.04. The van der Waals surface area contributed by atoms with E-state index in [-0.39, 0.29) is 23.9 Å². The summed E-state index contributed by atoms with van der Waals surface area (Å²) < 4.78 is 0. The maximum atomic E-state index is 12.9. The molecule has 2 aliphatic heterocycles. The third-order valence-electron chi connectivity index (χ3n) is 7.04. The first-order valence-corrected chi connectivity index (χ1v) is 9.91. The maximum Gasteiger partial charge on any atom is 0.317 e. The molecule has 134 valence electrons. The van der Waals surface area contributed by atoms with Crippen molar-refractivity contribution in [1.82, 2.24) is 15.5 Å².